The average molecular weight is 252 g/mol. The topological polar surface area (TPSA) is 52.6 Å². The second-order valence-electron chi connectivity index (χ2n) is 6.56. The van der Waals surface area contributed by atoms with Gasteiger partial charge >= 0.3 is 0 Å². The van der Waals surface area contributed by atoms with E-state index in [4.69, 9.17) is 0 Å². The Bertz CT molecular complexity index is 325. The number of aliphatic hydroxyl groups excluding tert-OH is 1. The highest BCUT2D eigenvalue weighted by Gasteiger charge is 2.48. The second-order valence-corrected chi connectivity index (χ2v) is 6.56. The molecular weight excluding hydrogens is 228 g/mol. The average Bonchev–Trinajstić information content (AvgIpc) is 2.61. The van der Waals surface area contributed by atoms with Crippen LogP contribution < -0.4 is 5.32 Å². The molecule has 3 saturated heterocycles. The lowest BCUT2D eigenvalue weighted by Crippen LogP contribution is -2.56. The van der Waals surface area contributed by atoms with Crippen molar-refractivity contribution in [1.29, 1.82) is 0 Å². The Morgan fingerprint density at radius 3 is 2.56 bits per heavy atom. The quantitative estimate of drug-likeness (QED) is 0.729. The molecular formula is C14H24N2O2. The van der Waals surface area contributed by atoms with E-state index in [0.717, 1.165) is 51.6 Å². The molecule has 0 aromatic carbocycles. The summed E-state index contributed by atoms with van der Waals surface area (Å²) < 4.78 is 0. The Kier molecular flexibility index (Phi) is 3.10. The molecule has 2 bridgehead atoms. The van der Waals surface area contributed by atoms with Crippen molar-refractivity contribution in [2.24, 2.45) is 5.41 Å². The van der Waals surface area contributed by atoms with Gasteiger partial charge in [0.05, 0.1) is 11.5 Å². The molecule has 3 aliphatic rings. The summed E-state index contributed by atoms with van der Waals surface area (Å²) in [6, 6.07) is 0.593. The van der Waals surface area contributed by atoms with Crippen LogP contribution in [0.5, 0.6) is 0 Å². The van der Waals surface area contributed by atoms with Crippen molar-refractivity contribution in [2.45, 2.75) is 63.6 Å². The number of nitrogens with one attached hydrogen (secondary N) is 1. The number of hydrogen-bond donors (Lipinski definition) is 2. The standard InChI is InChI=1S/C14H24N2O2/c1-14(5-2-6-15-9-14)13(18)16-10-3-4-11(16)8-12(17)7-10/h10-12,15,17H,2-9H2,1H3. The van der Waals surface area contributed by atoms with Crippen molar-refractivity contribution in [3.8, 4) is 0 Å². The Hall–Kier alpha value is -0.610. The van der Waals surface area contributed by atoms with E-state index in [-0.39, 0.29) is 11.5 Å². The lowest BCUT2D eigenvalue weighted by Gasteiger charge is -2.43. The molecule has 4 nitrogen and oxygen atoms in total. The monoisotopic (exact) mass is 252 g/mol. The summed E-state index contributed by atoms with van der Waals surface area (Å²) in [6.45, 7) is 3.95. The van der Waals surface area contributed by atoms with E-state index >= 15 is 0 Å². The summed E-state index contributed by atoms with van der Waals surface area (Å²) in [4.78, 5) is 15.0. The van der Waals surface area contributed by atoms with Gasteiger partial charge in [-0.1, -0.05) is 0 Å². The van der Waals surface area contributed by atoms with Gasteiger partial charge in [-0.05, 0) is 52.0 Å². The molecule has 0 spiro atoms. The molecule has 102 valence electrons. The molecule has 3 unspecified atom stereocenters. The van der Waals surface area contributed by atoms with E-state index in [9.17, 15) is 9.90 Å². The number of amides is 1. The normalized spacial score (nSPS) is 44.1. The Balaban J connectivity index is 1.76. The minimum Gasteiger partial charge on any atom is -0.393 e. The minimum atomic E-state index is -0.221. The fraction of sp³-hybridized carbons (Fsp3) is 0.929. The first-order valence-corrected chi connectivity index (χ1v) is 7.32. The fourth-order valence-corrected chi connectivity index (χ4v) is 4.03. The molecule has 0 aromatic rings. The van der Waals surface area contributed by atoms with Crippen LogP contribution in [0.25, 0.3) is 0 Å². The van der Waals surface area contributed by atoms with Gasteiger partial charge in [-0.15, -0.1) is 0 Å². The van der Waals surface area contributed by atoms with Gasteiger partial charge in [0.2, 0.25) is 5.91 Å². The molecule has 3 rings (SSSR count). The summed E-state index contributed by atoms with van der Waals surface area (Å²) in [5.41, 5.74) is -0.221. The molecule has 2 N–H and O–H groups in total. The number of carbonyl (C=O) groups is 1. The zero-order chi connectivity index (χ0) is 12.8. The second kappa shape index (κ2) is 4.49. The van der Waals surface area contributed by atoms with Crippen LogP contribution in [0, 0.1) is 5.41 Å². The molecule has 3 atom stereocenters. The van der Waals surface area contributed by atoms with Crippen LogP contribution in [0.3, 0.4) is 0 Å². The molecule has 18 heavy (non-hydrogen) atoms. The molecule has 3 fully saturated rings. The lowest BCUT2D eigenvalue weighted by atomic mass is 9.80. The number of piperidine rings is 2. The maximum atomic E-state index is 12.8. The number of aliphatic hydroxyl groups is 1. The molecule has 0 radical (unpaired) electrons. The zero-order valence-corrected chi connectivity index (χ0v) is 11.2. The van der Waals surface area contributed by atoms with Crippen LogP contribution in [-0.2, 0) is 4.79 Å². The number of carbonyl (C=O) groups excluding carboxylic acids is 1. The maximum absolute atomic E-state index is 12.8. The highest BCUT2D eigenvalue weighted by molar-refractivity contribution is 5.83. The van der Waals surface area contributed by atoms with Crippen molar-refractivity contribution in [2.75, 3.05) is 13.1 Å². The van der Waals surface area contributed by atoms with Gasteiger partial charge in [0.25, 0.3) is 0 Å². The molecule has 3 heterocycles. The van der Waals surface area contributed by atoms with E-state index < -0.39 is 0 Å². The first kappa shape index (κ1) is 12.4. The van der Waals surface area contributed by atoms with Crippen LogP contribution in [0.15, 0.2) is 0 Å². The van der Waals surface area contributed by atoms with Crippen molar-refractivity contribution >= 4 is 5.91 Å². The summed E-state index contributed by atoms with van der Waals surface area (Å²) >= 11 is 0. The van der Waals surface area contributed by atoms with E-state index in [1.165, 1.54) is 0 Å². The van der Waals surface area contributed by atoms with Gasteiger partial charge in [-0.25, -0.2) is 0 Å². The fourth-order valence-electron chi connectivity index (χ4n) is 4.03. The Morgan fingerprint density at radius 2 is 2.00 bits per heavy atom. The maximum Gasteiger partial charge on any atom is 0.230 e. The predicted octanol–water partition coefficient (Wildman–Crippen LogP) is 0.890. The smallest absolute Gasteiger partial charge is 0.230 e. The molecule has 1 amide bonds. The SMILES string of the molecule is CC1(C(=O)N2C3CCC2CC(O)C3)CCCNC1. The van der Waals surface area contributed by atoms with Crippen LogP contribution in [0.2, 0.25) is 0 Å². The van der Waals surface area contributed by atoms with E-state index in [1.807, 2.05) is 0 Å². The van der Waals surface area contributed by atoms with Crippen molar-refractivity contribution in [3.05, 3.63) is 0 Å². The lowest BCUT2D eigenvalue weighted by molar-refractivity contribution is -0.148. The molecule has 0 aromatic heterocycles. The number of nitrogens with zero attached hydrogens (tertiary/aromatic N) is 1. The van der Waals surface area contributed by atoms with Crippen molar-refractivity contribution in [1.82, 2.24) is 10.2 Å². The summed E-state index contributed by atoms with van der Waals surface area (Å²) in [5.74, 6) is 0.328. The van der Waals surface area contributed by atoms with Crippen molar-refractivity contribution in [3.63, 3.8) is 0 Å². The van der Waals surface area contributed by atoms with Gasteiger partial charge in [-0.3, -0.25) is 4.79 Å². The summed E-state index contributed by atoms with van der Waals surface area (Å²) in [5, 5.41) is 13.2. The third-order valence-corrected chi connectivity index (χ3v) is 5.06. The van der Waals surface area contributed by atoms with Gasteiger partial charge in [0.15, 0.2) is 0 Å². The minimum absolute atomic E-state index is 0.191. The highest BCUT2D eigenvalue weighted by Crippen LogP contribution is 2.40. The number of hydrogen-bond acceptors (Lipinski definition) is 3. The third-order valence-electron chi connectivity index (χ3n) is 5.06. The van der Waals surface area contributed by atoms with E-state index in [1.54, 1.807) is 0 Å². The van der Waals surface area contributed by atoms with Gasteiger partial charge in [0, 0.05) is 18.6 Å². The van der Waals surface area contributed by atoms with Crippen molar-refractivity contribution < 1.29 is 9.90 Å². The molecule has 3 aliphatic heterocycles. The van der Waals surface area contributed by atoms with Gasteiger partial charge < -0.3 is 15.3 Å². The molecule has 4 heteroatoms. The van der Waals surface area contributed by atoms with E-state index in [0.29, 0.717) is 18.0 Å². The first-order valence-electron chi connectivity index (χ1n) is 7.32. The van der Waals surface area contributed by atoms with Crippen LogP contribution in [-0.4, -0.2) is 47.2 Å². The number of rotatable bonds is 1. The summed E-state index contributed by atoms with van der Waals surface area (Å²) in [6.07, 6.45) is 5.63. The van der Waals surface area contributed by atoms with Crippen LogP contribution in [0.1, 0.15) is 45.4 Å². The van der Waals surface area contributed by atoms with Gasteiger partial charge in [-0.2, -0.15) is 0 Å². The predicted molar refractivity (Wildman–Crippen MR) is 69.1 cm³/mol. The molecule has 0 aliphatic carbocycles. The largest absolute Gasteiger partial charge is 0.393 e. The third kappa shape index (κ3) is 1.95. The zero-order valence-electron chi connectivity index (χ0n) is 11.2. The van der Waals surface area contributed by atoms with Gasteiger partial charge in [0.1, 0.15) is 0 Å². The first-order chi connectivity index (χ1) is 8.60. The highest BCUT2D eigenvalue weighted by atomic mass is 16.3. The number of fused-ring (bicyclic) bond motifs is 2. The summed E-state index contributed by atoms with van der Waals surface area (Å²) in [7, 11) is 0. The Labute approximate surface area is 109 Å². The molecule has 0 saturated carbocycles. The Morgan fingerprint density at radius 1 is 1.33 bits per heavy atom. The van der Waals surface area contributed by atoms with Crippen LogP contribution in [0.4, 0.5) is 0 Å². The van der Waals surface area contributed by atoms with Crippen LogP contribution >= 0.6 is 0 Å². The van der Waals surface area contributed by atoms with E-state index in [2.05, 4.69) is 17.1 Å².